The molecule has 0 aliphatic carbocycles. The maximum Gasteiger partial charge on any atom is 0.201 e. The minimum Gasteiger partial charge on any atom is -0.454 e. The van der Waals surface area contributed by atoms with Crippen LogP contribution in [0.1, 0.15) is 18.5 Å². The summed E-state index contributed by atoms with van der Waals surface area (Å²) in [5, 5.41) is 0. The Balaban J connectivity index is 2.26. The van der Waals surface area contributed by atoms with Crippen molar-refractivity contribution in [2.75, 3.05) is 0 Å². The van der Waals surface area contributed by atoms with Crippen molar-refractivity contribution in [3.63, 3.8) is 0 Å². The molecule has 1 unspecified atom stereocenters. The molecule has 0 amide bonds. The maximum absolute atomic E-state index is 13.5. The predicted octanol–water partition coefficient (Wildman–Crippen LogP) is 4.54. The molecule has 0 bridgehead atoms. The molecule has 0 spiro atoms. The van der Waals surface area contributed by atoms with Gasteiger partial charge >= 0.3 is 0 Å². The first-order valence-electron chi connectivity index (χ1n) is 5.65. The van der Waals surface area contributed by atoms with E-state index in [0.717, 1.165) is 11.6 Å². The van der Waals surface area contributed by atoms with Crippen LogP contribution in [0.15, 0.2) is 40.9 Å². The number of hydrogen-bond donors (Lipinski definition) is 1. The molecule has 0 saturated heterocycles. The Labute approximate surface area is 118 Å². The molecular formula is C14H12BrF2NO. The van der Waals surface area contributed by atoms with Gasteiger partial charge in [-0.1, -0.05) is 28.1 Å². The molecular weight excluding hydrogens is 316 g/mol. The van der Waals surface area contributed by atoms with Gasteiger partial charge in [0.25, 0.3) is 0 Å². The second-order valence-corrected chi connectivity index (χ2v) is 5.08. The van der Waals surface area contributed by atoms with Gasteiger partial charge in [-0.05, 0) is 36.8 Å². The molecule has 5 heteroatoms. The zero-order chi connectivity index (χ0) is 14.0. The molecule has 0 heterocycles. The van der Waals surface area contributed by atoms with E-state index < -0.39 is 11.6 Å². The monoisotopic (exact) mass is 327 g/mol. The van der Waals surface area contributed by atoms with Gasteiger partial charge in [0.1, 0.15) is 5.75 Å². The Hall–Kier alpha value is -1.46. The van der Waals surface area contributed by atoms with Gasteiger partial charge in [0, 0.05) is 10.5 Å². The van der Waals surface area contributed by atoms with E-state index in [4.69, 9.17) is 10.5 Å². The van der Waals surface area contributed by atoms with E-state index in [2.05, 4.69) is 15.9 Å². The van der Waals surface area contributed by atoms with Gasteiger partial charge in [-0.3, -0.25) is 0 Å². The van der Waals surface area contributed by atoms with Crippen LogP contribution in [0.3, 0.4) is 0 Å². The second kappa shape index (κ2) is 5.67. The van der Waals surface area contributed by atoms with Gasteiger partial charge < -0.3 is 10.5 Å². The highest BCUT2D eigenvalue weighted by molar-refractivity contribution is 9.10. The van der Waals surface area contributed by atoms with E-state index in [-0.39, 0.29) is 11.8 Å². The van der Waals surface area contributed by atoms with Crippen LogP contribution >= 0.6 is 15.9 Å². The smallest absolute Gasteiger partial charge is 0.201 e. The van der Waals surface area contributed by atoms with Crippen molar-refractivity contribution in [2.24, 2.45) is 5.73 Å². The van der Waals surface area contributed by atoms with E-state index >= 15 is 0 Å². The molecule has 19 heavy (non-hydrogen) atoms. The van der Waals surface area contributed by atoms with E-state index in [1.54, 1.807) is 24.3 Å². The topological polar surface area (TPSA) is 35.2 Å². The summed E-state index contributed by atoms with van der Waals surface area (Å²) in [5.74, 6) is -1.72. The maximum atomic E-state index is 13.5. The Morgan fingerprint density at radius 3 is 2.37 bits per heavy atom. The molecule has 0 saturated carbocycles. The Bertz CT molecular complexity index is 585. The molecule has 2 N–H and O–H groups in total. The van der Waals surface area contributed by atoms with Crippen molar-refractivity contribution in [2.45, 2.75) is 13.0 Å². The van der Waals surface area contributed by atoms with E-state index in [0.29, 0.717) is 10.2 Å². The standard InChI is InChI=1S/C14H12BrF2NO/c1-8(18)9-2-4-11(5-3-9)19-13-7-10(15)6-12(16)14(13)17/h2-8H,18H2,1H3. The number of ether oxygens (including phenoxy) is 1. The number of rotatable bonds is 3. The molecule has 1 atom stereocenters. The van der Waals surface area contributed by atoms with Crippen molar-refractivity contribution in [1.29, 1.82) is 0 Å². The van der Waals surface area contributed by atoms with Crippen LogP contribution in [0.2, 0.25) is 0 Å². The number of nitrogens with two attached hydrogens (primary N) is 1. The Kier molecular flexibility index (Phi) is 4.17. The minimum atomic E-state index is -1.01. The molecule has 0 aliphatic rings. The third-order valence-corrected chi connectivity index (χ3v) is 3.05. The third-order valence-electron chi connectivity index (χ3n) is 2.59. The highest BCUT2D eigenvalue weighted by atomic mass is 79.9. The van der Waals surface area contributed by atoms with Gasteiger partial charge in [0.15, 0.2) is 11.6 Å². The van der Waals surface area contributed by atoms with Crippen molar-refractivity contribution in [1.82, 2.24) is 0 Å². The van der Waals surface area contributed by atoms with Gasteiger partial charge in [-0.25, -0.2) is 4.39 Å². The van der Waals surface area contributed by atoms with Crippen molar-refractivity contribution >= 4 is 15.9 Å². The number of hydrogen-bond acceptors (Lipinski definition) is 2. The fraction of sp³-hybridized carbons (Fsp3) is 0.143. The lowest BCUT2D eigenvalue weighted by Crippen LogP contribution is -2.04. The molecule has 2 nitrogen and oxygen atoms in total. The molecule has 0 aliphatic heterocycles. The highest BCUT2D eigenvalue weighted by Gasteiger charge is 2.12. The van der Waals surface area contributed by atoms with Crippen molar-refractivity contribution < 1.29 is 13.5 Å². The lowest BCUT2D eigenvalue weighted by Gasteiger charge is -2.10. The van der Waals surface area contributed by atoms with E-state index in [1.165, 1.54) is 6.07 Å². The van der Waals surface area contributed by atoms with Gasteiger partial charge in [-0.15, -0.1) is 0 Å². The SMILES string of the molecule is CC(N)c1ccc(Oc2cc(Br)cc(F)c2F)cc1. The molecule has 0 aromatic heterocycles. The normalized spacial score (nSPS) is 12.3. The summed E-state index contributed by atoms with van der Waals surface area (Å²) in [7, 11) is 0. The quantitative estimate of drug-likeness (QED) is 0.840. The zero-order valence-electron chi connectivity index (χ0n) is 10.2. The number of benzene rings is 2. The molecule has 2 aromatic rings. The fourth-order valence-corrected chi connectivity index (χ4v) is 1.98. The van der Waals surface area contributed by atoms with Crippen molar-refractivity contribution in [3.05, 3.63) is 58.1 Å². The third kappa shape index (κ3) is 3.30. The fourth-order valence-electron chi connectivity index (χ4n) is 1.57. The van der Waals surface area contributed by atoms with E-state index in [1.807, 2.05) is 6.92 Å². The van der Waals surface area contributed by atoms with Crippen LogP contribution in [0.4, 0.5) is 8.78 Å². The largest absolute Gasteiger partial charge is 0.454 e. The lowest BCUT2D eigenvalue weighted by atomic mass is 10.1. The Morgan fingerprint density at radius 1 is 1.16 bits per heavy atom. The Morgan fingerprint density at radius 2 is 1.79 bits per heavy atom. The van der Waals surface area contributed by atoms with Crippen LogP contribution in [-0.2, 0) is 0 Å². The summed E-state index contributed by atoms with van der Waals surface area (Å²) in [4.78, 5) is 0. The predicted molar refractivity (Wildman–Crippen MR) is 73.2 cm³/mol. The van der Waals surface area contributed by atoms with Gasteiger partial charge in [0.05, 0.1) is 0 Å². The minimum absolute atomic E-state index is 0.0888. The second-order valence-electron chi connectivity index (χ2n) is 4.16. The van der Waals surface area contributed by atoms with Crippen LogP contribution in [0, 0.1) is 11.6 Å². The van der Waals surface area contributed by atoms with Crippen LogP contribution in [0.5, 0.6) is 11.5 Å². The van der Waals surface area contributed by atoms with Crippen LogP contribution < -0.4 is 10.5 Å². The van der Waals surface area contributed by atoms with Gasteiger partial charge in [-0.2, -0.15) is 4.39 Å². The number of halogens is 3. The summed E-state index contributed by atoms with van der Waals surface area (Å²) >= 11 is 3.09. The molecule has 0 fully saturated rings. The first-order chi connectivity index (χ1) is 8.97. The summed E-state index contributed by atoms with van der Waals surface area (Å²) in [6, 6.07) is 9.22. The lowest BCUT2D eigenvalue weighted by molar-refractivity contribution is 0.415. The van der Waals surface area contributed by atoms with Gasteiger partial charge in [0.2, 0.25) is 5.82 Å². The molecule has 0 radical (unpaired) electrons. The van der Waals surface area contributed by atoms with Crippen LogP contribution in [-0.4, -0.2) is 0 Å². The average Bonchev–Trinajstić information content (AvgIpc) is 2.36. The first kappa shape index (κ1) is 14.0. The zero-order valence-corrected chi connectivity index (χ0v) is 11.7. The summed E-state index contributed by atoms with van der Waals surface area (Å²) in [6.45, 7) is 1.86. The van der Waals surface area contributed by atoms with Crippen molar-refractivity contribution in [3.8, 4) is 11.5 Å². The summed E-state index contributed by atoms with van der Waals surface area (Å²) in [6.07, 6.45) is 0. The first-order valence-corrected chi connectivity index (χ1v) is 6.44. The molecule has 2 rings (SSSR count). The highest BCUT2D eigenvalue weighted by Crippen LogP contribution is 2.30. The average molecular weight is 328 g/mol. The van der Waals surface area contributed by atoms with Crippen LogP contribution in [0.25, 0.3) is 0 Å². The van der Waals surface area contributed by atoms with E-state index in [9.17, 15) is 8.78 Å². The summed E-state index contributed by atoms with van der Waals surface area (Å²) in [5.41, 5.74) is 6.66. The summed E-state index contributed by atoms with van der Waals surface area (Å²) < 4.78 is 32.5. The molecule has 2 aromatic carbocycles. The molecule has 100 valence electrons.